The highest BCUT2D eigenvalue weighted by molar-refractivity contribution is 5.34. The number of hydrogen-bond donors (Lipinski definition) is 12. The van der Waals surface area contributed by atoms with E-state index >= 15 is 0 Å². The summed E-state index contributed by atoms with van der Waals surface area (Å²) in [5, 5.41) is 128. The minimum atomic E-state index is -3.71. The number of hydrogen-bond acceptors (Lipinski definition) is 15. The second-order valence-electron chi connectivity index (χ2n) is 8.63. The average molecular weight is 487 g/mol. The van der Waals surface area contributed by atoms with E-state index in [1.54, 1.807) is 0 Å². The fourth-order valence-electron chi connectivity index (χ4n) is 5.02. The molecule has 3 fully saturated rings. The van der Waals surface area contributed by atoms with Crippen molar-refractivity contribution in [3.05, 3.63) is 6.61 Å². The van der Waals surface area contributed by atoms with Crippen molar-refractivity contribution in [3.8, 4) is 0 Å². The first-order valence-corrected chi connectivity index (χ1v) is 10.2. The third-order valence-electron chi connectivity index (χ3n) is 7.09. The normalized spacial score (nSPS) is 56.0. The van der Waals surface area contributed by atoms with Gasteiger partial charge in [0, 0.05) is 0 Å². The van der Waals surface area contributed by atoms with Crippen LogP contribution >= 0.6 is 0 Å². The Balaban J connectivity index is 2.27. The molecule has 12 N–H and O–H groups in total. The van der Waals surface area contributed by atoms with E-state index in [0.29, 0.717) is 0 Å². The molecule has 0 amide bonds. The highest BCUT2D eigenvalue weighted by Crippen LogP contribution is 2.54. The van der Waals surface area contributed by atoms with Gasteiger partial charge in [-0.3, -0.25) is 0 Å². The van der Waals surface area contributed by atoms with Crippen molar-refractivity contribution in [1.82, 2.24) is 0 Å². The lowest BCUT2D eigenvalue weighted by Gasteiger charge is -2.66. The van der Waals surface area contributed by atoms with E-state index in [2.05, 4.69) is 0 Å². The van der Waals surface area contributed by atoms with Gasteiger partial charge in [0.05, 0.1) is 33.0 Å². The first-order valence-electron chi connectivity index (χ1n) is 10.2. The van der Waals surface area contributed by atoms with Crippen molar-refractivity contribution in [2.45, 2.75) is 71.2 Å². The summed E-state index contributed by atoms with van der Waals surface area (Å²) in [5.74, 6) is 0. The van der Waals surface area contributed by atoms with Crippen LogP contribution in [0.2, 0.25) is 0 Å². The van der Waals surface area contributed by atoms with Gasteiger partial charge >= 0.3 is 0 Å². The molecule has 3 aliphatic rings. The molecule has 0 bridgehead atoms. The maximum absolute atomic E-state index is 11.8. The van der Waals surface area contributed by atoms with E-state index in [-0.39, 0.29) is 6.61 Å². The molecule has 0 aliphatic carbocycles. The summed E-state index contributed by atoms with van der Waals surface area (Å²) >= 11 is 0. The van der Waals surface area contributed by atoms with Crippen LogP contribution in [0.3, 0.4) is 0 Å². The van der Waals surface area contributed by atoms with Crippen LogP contribution in [-0.4, -0.2) is 166 Å². The molecule has 12 atom stereocenters. The van der Waals surface area contributed by atoms with E-state index in [1.165, 1.54) is 0 Å². The second-order valence-corrected chi connectivity index (χ2v) is 8.63. The van der Waals surface area contributed by atoms with Gasteiger partial charge in [0.1, 0.15) is 55.4 Å². The summed E-state index contributed by atoms with van der Waals surface area (Å²) < 4.78 is 15.0. The van der Waals surface area contributed by atoms with Gasteiger partial charge in [-0.25, -0.2) is 0 Å². The summed E-state index contributed by atoms with van der Waals surface area (Å²) in [4.78, 5) is 0. The third-order valence-corrected chi connectivity index (χ3v) is 7.09. The number of rotatable bonds is 5. The van der Waals surface area contributed by atoms with Crippen molar-refractivity contribution in [2.75, 3.05) is 33.0 Å². The van der Waals surface area contributed by atoms with Crippen LogP contribution < -0.4 is 0 Å². The Morgan fingerprint density at radius 2 is 1.06 bits per heavy atom. The van der Waals surface area contributed by atoms with Crippen LogP contribution in [0.4, 0.5) is 0 Å². The molecule has 3 rings (SSSR count). The summed E-state index contributed by atoms with van der Waals surface area (Å²) in [5.41, 5.74) is -14.1. The number of ether oxygens (including phenoxy) is 3. The molecule has 0 unspecified atom stereocenters. The smallest absolute Gasteiger partial charge is 0.161 e. The van der Waals surface area contributed by atoms with Gasteiger partial charge in [0.25, 0.3) is 0 Å². The Morgan fingerprint density at radius 3 is 1.52 bits per heavy atom. The molecule has 3 saturated heterocycles. The number of aliphatic hydroxyl groups excluding tert-OH is 8. The van der Waals surface area contributed by atoms with E-state index in [0.717, 1.165) is 0 Å². The highest BCUT2D eigenvalue weighted by atomic mass is 16.6. The largest absolute Gasteiger partial charge is 0.394 e. The Morgan fingerprint density at radius 1 is 0.636 bits per heavy atom. The molecule has 0 aromatic heterocycles. The first-order chi connectivity index (χ1) is 15.3. The maximum Gasteiger partial charge on any atom is 0.161 e. The molecular weight excluding hydrogens is 456 g/mol. The molecule has 1 radical (unpaired) electrons. The Hall–Kier alpha value is -0.600. The zero-order valence-electron chi connectivity index (χ0n) is 17.3. The average Bonchev–Trinajstić information content (AvgIpc) is 2.79. The van der Waals surface area contributed by atoms with Crippen LogP contribution in [0.25, 0.3) is 0 Å². The van der Waals surface area contributed by atoms with Crippen LogP contribution in [0, 0.1) is 6.61 Å². The molecule has 0 aromatic rings. The molecule has 15 nitrogen and oxygen atoms in total. The molecule has 3 heterocycles. The van der Waals surface area contributed by atoms with Gasteiger partial charge in [-0.15, -0.1) is 0 Å². The van der Waals surface area contributed by atoms with Crippen molar-refractivity contribution < 1.29 is 75.5 Å². The summed E-state index contributed by atoms with van der Waals surface area (Å²) in [6.07, 6.45) is -17.1. The van der Waals surface area contributed by atoms with Gasteiger partial charge in [-0.2, -0.15) is 0 Å². The van der Waals surface area contributed by atoms with Crippen LogP contribution in [-0.2, 0) is 14.2 Å². The molecule has 33 heavy (non-hydrogen) atoms. The van der Waals surface area contributed by atoms with Gasteiger partial charge in [0.2, 0.25) is 0 Å². The lowest BCUT2D eigenvalue weighted by atomic mass is 9.53. The minimum Gasteiger partial charge on any atom is -0.394 e. The van der Waals surface area contributed by atoms with Crippen molar-refractivity contribution in [3.63, 3.8) is 0 Å². The monoisotopic (exact) mass is 487 g/mol. The predicted molar refractivity (Wildman–Crippen MR) is 99.7 cm³/mol. The van der Waals surface area contributed by atoms with Gasteiger partial charge in [-0.05, 0) is 0 Å². The molecule has 0 saturated carbocycles. The fraction of sp³-hybridized carbons (Fsp3) is 0.944. The molecule has 0 spiro atoms. The SMILES string of the molecule is OC[C@H]1OC[C@H](O)[C@@](O)([C@]2(O)[CH]O[C@H](CO)[C@@H](O)[C@@]2(O)[C@@]2(O)[C@H](O)[C@@H](CO)OC[C@@H]2O)[C@@H]1O. The highest BCUT2D eigenvalue weighted by Gasteiger charge is 2.82. The van der Waals surface area contributed by atoms with Crippen molar-refractivity contribution in [2.24, 2.45) is 0 Å². The number of aliphatic hydroxyl groups is 12. The lowest BCUT2D eigenvalue weighted by Crippen LogP contribution is -2.92. The van der Waals surface area contributed by atoms with E-state index in [4.69, 9.17) is 14.2 Å². The van der Waals surface area contributed by atoms with Gasteiger partial charge in [-0.1, -0.05) is 0 Å². The standard InChI is InChI=1S/C18H31O15/c19-1-7-12(24)16(28,10(22)4-31-7)15(27)6-33-9(3-21)14(26)18(15,30)17(29)11(23)5-32-8(2-20)13(17)25/h6-14,19-30H,1-5H2/t7-,8-,9-,10+,11+,12-,13-,14-,15-,16+,17+,18+/m1/s1. The zero-order valence-corrected chi connectivity index (χ0v) is 17.3. The summed E-state index contributed by atoms with van der Waals surface area (Å²) in [6, 6.07) is 0. The van der Waals surface area contributed by atoms with E-state index < -0.39 is 104 Å². The molecule has 3 aliphatic heterocycles. The maximum atomic E-state index is 11.8. The second kappa shape index (κ2) is 9.12. The van der Waals surface area contributed by atoms with Crippen LogP contribution in [0.1, 0.15) is 0 Å². The molecular formula is C18H31O15. The summed E-state index contributed by atoms with van der Waals surface area (Å²) in [7, 11) is 0. The Kier molecular flexibility index (Phi) is 7.46. The predicted octanol–water partition coefficient (Wildman–Crippen LogP) is -7.95. The van der Waals surface area contributed by atoms with E-state index in [9.17, 15) is 61.3 Å². The Labute approximate surface area is 187 Å². The first kappa shape index (κ1) is 27.0. The van der Waals surface area contributed by atoms with Crippen molar-refractivity contribution in [1.29, 1.82) is 0 Å². The van der Waals surface area contributed by atoms with Crippen LogP contribution in [0.5, 0.6) is 0 Å². The minimum absolute atomic E-state index is 0.230. The van der Waals surface area contributed by atoms with E-state index in [1.807, 2.05) is 0 Å². The molecule has 0 aromatic carbocycles. The van der Waals surface area contributed by atoms with Crippen LogP contribution in [0.15, 0.2) is 0 Å². The molecule has 15 heteroatoms. The topological polar surface area (TPSA) is 270 Å². The quantitative estimate of drug-likeness (QED) is 0.172. The summed E-state index contributed by atoms with van der Waals surface area (Å²) in [6.45, 7) is -4.38. The third kappa shape index (κ3) is 3.32. The zero-order chi connectivity index (χ0) is 25.0. The molecule has 193 valence electrons. The lowest BCUT2D eigenvalue weighted by molar-refractivity contribution is -0.423. The fourth-order valence-corrected chi connectivity index (χ4v) is 5.02. The van der Waals surface area contributed by atoms with Crippen molar-refractivity contribution >= 4 is 0 Å². The Bertz CT molecular complexity index is 698. The van der Waals surface area contributed by atoms with Gasteiger partial charge < -0.3 is 75.5 Å². The van der Waals surface area contributed by atoms with Gasteiger partial charge in [0.15, 0.2) is 22.4 Å².